The Hall–Kier alpha value is -2.84. The van der Waals surface area contributed by atoms with Gasteiger partial charge in [0.15, 0.2) is 0 Å². The van der Waals surface area contributed by atoms with Gasteiger partial charge in [-0.2, -0.15) is 0 Å². The summed E-state index contributed by atoms with van der Waals surface area (Å²) in [5.41, 5.74) is 0.945. The predicted octanol–water partition coefficient (Wildman–Crippen LogP) is 4.17. The summed E-state index contributed by atoms with van der Waals surface area (Å²) in [6.07, 6.45) is -1.21. The summed E-state index contributed by atoms with van der Waals surface area (Å²) in [5.74, 6) is 0.356. The lowest BCUT2D eigenvalue weighted by atomic mass is 10.00. The Balaban J connectivity index is 1.70. The molecule has 0 unspecified atom stereocenters. The molecule has 9 heteroatoms. The number of nitrogens with one attached hydrogen (secondary N) is 1. The first-order valence-corrected chi connectivity index (χ1v) is 8.97. The second kappa shape index (κ2) is 8.04. The van der Waals surface area contributed by atoms with Gasteiger partial charge in [0.05, 0.1) is 11.3 Å². The van der Waals surface area contributed by atoms with Gasteiger partial charge in [0.1, 0.15) is 5.75 Å². The van der Waals surface area contributed by atoms with Crippen LogP contribution in [-0.4, -0.2) is 35.3 Å². The van der Waals surface area contributed by atoms with Crippen molar-refractivity contribution in [3.63, 3.8) is 0 Å². The molecule has 1 fully saturated rings. The van der Waals surface area contributed by atoms with Crippen LogP contribution in [0.25, 0.3) is 0 Å². The van der Waals surface area contributed by atoms with Crippen LogP contribution in [0.15, 0.2) is 30.5 Å². The summed E-state index contributed by atoms with van der Waals surface area (Å²) in [5, 5.41) is 2.55. The fourth-order valence-corrected chi connectivity index (χ4v) is 3.01. The largest absolute Gasteiger partial charge is 0.573 e. The van der Waals surface area contributed by atoms with Crippen LogP contribution in [0.2, 0.25) is 0 Å². The Morgan fingerprint density at radius 1 is 1.29 bits per heavy atom. The Kier molecular flexibility index (Phi) is 5.71. The lowest BCUT2D eigenvalue weighted by molar-refractivity contribution is -0.274. The van der Waals surface area contributed by atoms with E-state index in [1.165, 1.54) is 18.3 Å². The minimum Gasteiger partial charge on any atom is -0.406 e. The van der Waals surface area contributed by atoms with E-state index in [4.69, 9.17) is 0 Å². The monoisotopic (exact) mass is 394 g/mol. The van der Waals surface area contributed by atoms with Crippen molar-refractivity contribution in [1.29, 1.82) is 0 Å². The van der Waals surface area contributed by atoms with E-state index in [1.807, 2.05) is 0 Å². The summed E-state index contributed by atoms with van der Waals surface area (Å²) in [4.78, 5) is 23.3. The SMILES string of the molecule is Cc1nc(N2CCC(C)CC2)ncc1C(=O)Nc1cccc(OC(F)(F)F)c1. The molecule has 1 N–H and O–H groups in total. The van der Waals surface area contributed by atoms with Crippen molar-refractivity contribution in [3.05, 3.63) is 41.7 Å². The first-order valence-electron chi connectivity index (χ1n) is 8.97. The molecule has 0 saturated carbocycles. The van der Waals surface area contributed by atoms with Gasteiger partial charge in [-0.1, -0.05) is 13.0 Å². The van der Waals surface area contributed by atoms with Crippen LogP contribution in [-0.2, 0) is 0 Å². The van der Waals surface area contributed by atoms with Crippen molar-refractivity contribution in [2.75, 3.05) is 23.3 Å². The van der Waals surface area contributed by atoms with Gasteiger partial charge in [-0.25, -0.2) is 9.97 Å². The molecule has 28 heavy (non-hydrogen) atoms. The predicted molar refractivity (Wildman–Crippen MR) is 98.5 cm³/mol. The van der Waals surface area contributed by atoms with Gasteiger partial charge in [0, 0.05) is 31.0 Å². The number of ether oxygens (including phenoxy) is 1. The standard InChI is InChI=1S/C19H21F3N4O2/c1-12-6-8-26(9-7-12)18-23-11-16(13(2)24-18)17(27)25-14-4-3-5-15(10-14)28-19(20,21)22/h3-5,10-12H,6-9H2,1-2H3,(H,25,27). The number of aryl methyl sites for hydroxylation is 1. The first kappa shape index (κ1) is 19.9. The van der Waals surface area contributed by atoms with E-state index in [9.17, 15) is 18.0 Å². The number of aromatic nitrogens is 2. The van der Waals surface area contributed by atoms with Crippen molar-refractivity contribution in [2.24, 2.45) is 5.92 Å². The van der Waals surface area contributed by atoms with Crippen molar-refractivity contribution >= 4 is 17.5 Å². The second-order valence-corrected chi connectivity index (χ2v) is 6.87. The highest BCUT2D eigenvalue weighted by Crippen LogP contribution is 2.26. The molecule has 1 aliphatic rings. The van der Waals surface area contributed by atoms with E-state index < -0.39 is 18.0 Å². The molecule has 1 amide bonds. The molecule has 0 aliphatic carbocycles. The number of anilines is 2. The van der Waals surface area contributed by atoms with Crippen LogP contribution in [0.3, 0.4) is 0 Å². The molecule has 150 valence electrons. The normalized spacial score (nSPS) is 15.4. The van der Waals surface area contributed by atoms with Gasteiger partial charge in [0.2, 0.25) is 5.95 Å². The van der Waals surface area contributed by atoms with Crippen LogP contribution in [0.1, 0.15) is 35.8 Å². The molecule has 0 bridgehead atoms. The number of hydrogen-bond donors (Lipinski definition) is 1. The van der Waals surface area contributed by atoms with E-state index >= 15 is 0 Å². The van der Waals surface area contributed by atoms with Crippen LogP contribution < -0.4 is 15.0 Å². The van der Waals surface area contributed by atoms with Gasteiger partial charge in [-0.05, 0) is 37.8 Å². The summed E-state index contributed by atoms with van der Waals surface area (Å²) in [6, 6.07) is 5.09. The Morgan fingerprint density at radius 3 is 2.64 bits per heavy atom. The third-order valence-electron chi connectivity index (χ3n) is 4.60. The van der Waals surface area contributed by atoms with E-state index in [0.717, 1.165) is 38.1 Å². The van der Waals surface area contributed by atoms with E-state index in [0.29, 0.717) is 17.6 Å². The van der Waals surface area contributed by atoms with Gasteiger partial charge in [-0.3, -0.25) is 4.79 Å². The van der Waals surface area contributed by atoms with Gasteiger partial charge < -0.3 is 15.0 Å². The third kappa shape index (κ3) is 5.11. The van der Waals surface area contributed by atoms with Gasteiger partial charge in [-0.15, -0.1) is 13.2 Å². The number of hydrogen-bond acceptors (Lipinski definition) is 5. The maximum absolute atomic E-state index is 12.5. The zero-order valence-corrected chi connectivity index (χ0v) is 15.6. The molecule has 1 aliphatic heterocycles. The zero-order valence-electron chi connectivity index (χ0n) is 15.6. The number of nitrogens with zero attached hydrogens (tertiary/aromatic N) is 3. The fourth-order valence-electron chi connectivity index (χ4n) is 3.01. The number of piperidine rings is 1. The molecule has 2 aromatic rings. The van der Waals surface area contributed by atoms with E-state index in [1.54, 1.807) is 6.92 Å². The zero-order chi connectivity index (χ0) is 20.3. The molecule has 0 radical (unpaired) electrons. The molecule has 0 atom stereocenters. The number of amides is 1. The van der Waals surface area contributed by atoms with Crippen LogP contribution >= 0.6 is 0 Å². The third-order valence-corrected chi connectivity index (χ3v) is 4.60. The van der Waals surface area contributed by atoms with E-state index in [-0.39, 0.29) is 11.3 Å². The number of rotatable bonds is 4. The molecular weight excluding hydrogens is 373 g/mol. The number of carbonyl (C=O) groups is 1. The molecule has 3 rings (SSSR count). The maximum Gasteiger partial charge on any atom is 0.573 e. The molecule has 1 aromatic heterocycles. The smallest absolute Gasteiger partial charge is 0.406 e. The van der Waals surface area contributed by atoms with Crippen molar-refractivity contribution in [3.8, 4) is 5.75 Å². The van der Waals surface area contributed by atoms with E-state index in [2.05, 4.69) is 31.8 Å². The number of alkyl halides is 3. The highest BCUT2D eigenvalue weighted by atomic mass is 19.4. The van der Waals surface area contributed by atoms with Gasteiger partial charge >= 0.3 is 6.36 Å². The summed E-state index contributed by atoms with van der Waals surface area (Å²) in [6.45, 7) is 5.66. The molecule has 6 nitrogen and oxygen atoms in total. The molecule has 0 spiro atoms. The average molecular weight is 394 g/mol. The Bertz CT molecular complexity index is 849. The summed E-state index contributed by atoms with van der Waals surface area (Å²) >= 11 is 0. The summed E-state index contributed by atoms with van der Waals surface area (Å²) < 4.78 is 40.9. The van der Waals surface area contributed by atoms with Crippen molar-refractivity contribution in [1.82, 2.24) is 9.97 Å². The minimum atomic E-state index is -4.80. The Labute approximate surface area is 160 Å². The molecule has 1 saturated heterocycles. The number of halogens is 3. The highest BCUT2D eigenvalue weighted by molar-refractivity contribution is 6.04. The highest BCUT2D eigenvalue weighted by Gasteiger charge is 2.31. The van der Waals surface area contributed by atoms with Gasteiger partial charge in [0.25, 0.3) is 5.91 Å². The second-order valence-electron chi connectivity index (χ2n) is 6.87. The van der Waals surface area contributed by atoms with Crippen molar-refractivity contribution < 1.29 is 22.7 Å². The number of benzene rings is 1. The lowest BCUT2D eigenvalue weighted by Crippen LogP contribution is -2.34. The average Bonchev–Trinajstić information content (AvgIpc) is 2.61. The maximum atomic E-state index is 12.5. The lowest BCUT2D eigenvalue weighted by Gasteiger charge is -2.30. The van der Waals surface area contributed by atoms with Crippen LogP contribution in [0, 0.1) is 12.8 Å². The first-order chi connectivity index (χ1) is 13.2. The van der Waals surface area contributed by atoms with Crippen LogP contribution in [0.5, 0.6) is 5.75 Å². The topological polar surface area (TPSA) is 67.4 Å². The number of carbonyl (C=O) groups excluding carboxylic acids is 1. The van der Waals surface area contributed by atoms with Crippen molar-refractivity contribution in [2.45, 2.75) is 33.1 Å². The fraction of sp³-hybridized carbons (Fsp3) is 0.421. The minimum absolute atomic E-state index is 0.181. The summed E-state index contributed by atoms with van der Waals surface area (Å²) in [7, 11) is 0. The quantitative estimate of drug-likeness (QED) is 0.843. The Morgan fingerprint density at radius 2 is 2.00 bits per heavy atom. The molecule has 2 heterocycles. The molecular formula is C19H21F3N4O2. The van der Waals surface area contributed by atoms with Crippen LogP contribution in [0.4, 0.5) is 24.8 Å². The molecule has 1 aromatic carbocycles.